The maximum Gasteiger partial charge on any atom is 0.0455 e. The SMILES string of the molecule is Cc1c(Cl)cccc1NC1CSCC(C)(C)C1. The Labute approximate surface area is 113 Å². The Bertz CT molecular complexity index is 403. The van der Waals surface area contributed by atoms with Gasteiger partial charge in [-0.1, -0.05) is 31.5 Å². The van der Waals surface area contributed by atoms with E-state index in [2.05, 4.69) is 32.2 Å². The Kier molecular flexibility index (Phi) is 3.94. The summed E-state index contributed by atoms with van der Waals surface area (Å²) < 4.78 is 0. The first-order chi connectivity index (χ1) is 7.98. The number of rotatable bonds is 2. The van der Waals surface area contributed by atoms with Crippen LogP contribution >= 0.6 is 23.4 Å². The molecule has 1 aliphatic heterocycles. The van der Waals surface area contributed by atoms with Crippen molar-refractivity contribution in [1.29, 1.82) is 0 Å². The molecule has 0 aromatic heterocycles. The molecule has 0 radical (unpaired) electrons. The highest BCUT2D eigenvalue weighted by Crippen LogP contribution is 2.35. The van der Waals surface area contributed by atoms with Crippen molar-refractivity contribution in [3.63, 3.8) is 0 Å². The molecule has 1 aromatic carbocycles. The molecule has 1 aromatic rings. The van der Waals surface area contributed by atoms with E-state index in [1.807, 2.05) is 23.9 Å². The zero-order valence-corrected chi connectivity index (χ0v) is 12.3. The van der Waals surface area contributed by atoms with Crippen molar-refractivity contribution in [2.75, 3.05) is 16.8 Å². The van der Waals surface area contributed by atoms with E-state index in [1.54, 1.807) is 0 Å². The highest BCUT2D eigenvalue weighted by atomic mass is 35.5. The molecule has 1 fully saturated rings. The molecule has 1 saturated heterocycles. The largest absolute Gasteiger partial charge is 0.381 e. The summed E-state index contributed by atoms with van der Waals surface area (Å²) in [5, 5.41) is 4.49. The van der Waals surface area contributed by atoms with E-state index >= 15 is 0 Å². The minimum absolute atomic E-state index is 0.438. The first kappa shape index (κ1) is 13.1. The molecule has 3 heteroatoms. The van der Waals surface area contributed by atoms with Gasteiger partial charge < -0.3 is 5.32 Å². The predicted molar refractivity (Wildman–Crippen MR) is 79.3 cm³/mol. The van der Waals surface area contributed by atoms with E-state index in [-0.39, 0.29) is 0 Å². The van der Waals surface area contributed by atoms with Crippen LogP contribution in [0.5, 0.6) is 0 Å². The summed E-state index contributed by atoms with van der Waals surface area (Å²) in [4.78, 5) is 0. The van der Waals surface area contributed by atoms with Crippen molar-refractivity contribution >= 4 is 29.1 Å². The Morgan fingerprint density at radius 2 is 2.18 bits per heavy atom. The third-order valence-electron chi connectivity index (χ3n) is 3.24. The molecule has 0 saturated carbocycles. The standard InChI is InChI=1S/C14H20ClNS/c1-10-12(15)5-4-6-13(10)16-11-7-14(2,3)9-17-8-11/h4-6,11,16H,7-9H2,1-3H3. The van der Waals surface area contributed by atoms with Crippen LogP contribution in [-0.4, -0.2) is 17.5 Å². The molecule has 1 atom stereocenters. The second kappa shape index (κ2) is 5.11. The molecule has 17 heavy (non-hydrogen) atoms. The van der Waals surface area contributed by atoms with Gasteiger partial charge in [-0.2, -0.15) is 11.8 Å². The van der Waals surface area contributed by atoms with Gasteiger partial charge >= 0.3 is 0 Å². The maximum atomic E-state index is 6.14. The second-order valence-electron chi connectivity index (χ2n) is 5.64. The smallest absolute Gasteiger partial charge is 0.0455 e. The maximum absolute atomic E-state index is 6.14. The second-order valence-corrected chi connectivity index (χ2v) is 7.07. The Hall–Kier alpha value is -0.340. The van der Waals surface area contributed by atoms with E-state index < -0.39 is 0 Å². The Morgan fingerprint density at radius 1 is 1.41 bits per heavy atom. The lowest BCUT2D eigenvalue weighted by Crippen LogP contribution is -2.35. The van der Waals surface area contributed by atoms with Crippen molar-refractivity contribution in [3.05, 3.63) is 28.8 Å². The zero-order chi connectivity index (χ0) is 12.5. The van der Waals surface area contributed by atoms with Gasteiger partial charge in [-0.05, 0) is 42.2 Å². The van der Waals surface area contributed by atoms with E-state index in [9.17, 15) is 0 Å². The monoisotopic (exact) mass is 269 g/mol. The van der Waals surface area contributed by atoms with Gasteiger partial charge in [0.2, 0.25) is 0 Å². The highest BCUT2D eigenvalue weighted by Gasteiger charge is 2.28. The average molecular weight is 270 g/mol. The lowest BCUT2D eigenvalue weighted by molar-refractivity contribution is 0.358. The van der Waals surface area contributed by atoms with Crippen molar-refractivity contribution in [2.24, 2.45) is 5.41 Å². The third kappa shape index (κ3) is 3.32. The first-order valence-electron chi connectivity index (χ1n) is 6.07. The van der Waals surface area contributed by atoms with Crippen LogP contribution in [-0.2, 0) is 0 Å². The summed E-state index contributed by atoms with van der Waals surface area (Å²) in [6.07, 6.45) is 1.23. The summed E-state index contributed by atoms with van der Waals surface area (Å²) in [6, 6.07) is 6.63. The summed E-state index contributed by atoms with van der Waals surface area (Å²) >= 11 is 8.19. The van der Waals surface area contributed by atoms with Gasteiger partial charge in [-0.25, -0.2) is 0 Å². The lowest BCUT2D eigenvalue weighted by atomic mass is 9.87. The van der Waals surface area contributed by atoms with Gasteiger partial charge in [0.15, 0.2) is 0 Å². The molecule has 1 unspecified atom stereocenters. The fourth-order valence-electron chi connectivity index (χ4n) is 2.34. The number of benzene rings is 1. The highest BCUT2D eigenvalue weighted by molar-refractivity contribution is 7.99. The Balaban J connectivity index is 2.08. The minimum atomic E-state index is 0.438. The summed E-state index contributed by atoms with van der Waals surface area (Å²) in [6.45, 7) is 6.77. The fraction of sp³-hybridized carbons (Fsp3) is 0.571. The molecule has 1 aliphatic rings. The van der Waals surface area contributed by atoms with Gasteiger partial charge in [0.25, 0.3) is 0 Å². The van der Waals surface area contributed by atoms with Crippen LogP contribution in [0.1, 0.15) is 25.8 Å². The topological polar surface area (TPSA) is 12.0 Å². The Morgan fingerprint density at radius 3 is 2.88 bits per heavy atom. The van der Waals surface area contributed by atoms with E-state index in [4.69, 9.17) is 11.6 Å². The minimum Gasteiger partial charge on any atom is -0.381 e. The van der Waals surface area contributed by atoms with Crippen LogP contribution < -0.4 is 5.32 Å². The molecule has 1 heterocycles. The van der Waals surface area contributed by atoms with Crippen molar-refractivity contribution < 1.29 is 0 Å². The number of halogens is 1. The number of hydrogen-bond acceptors (Lipinski definition) is 2. The molecular formula is C14H20ClNS. The van der Waals surface area contributed by atoms with Crippen molar-refractivity contribution in [3.8, 4) is 0 Å². The molecule has 0 amide bonds. The summed E-state index contributed by atoms with van der Waals surface area (Å²) in [7, 11) is 0. The van der Waals surface area contributed by atoms with Gasteiger partial charge in [0, 0.05) is 22.5 Å². The van der Waals surface area contributed by atoms with Gasteiger partial charge in [0.1, 0.15) is 0 Å². The van der Waals surface area contributed by atoms with Crippen LogP contribution in [0.25, 0.3) is 0 Å². The molecule has 1 N–H and O–H groups in total. The molecule has 0 spiro atoms. The van der Waals surface area contributed by atoms with Crippen LogP contribution in [0.2, 0.25) is 5.02 Å². The first-order valence-corrected chi connectivity index (χ1v) is 7.61. The number of nitrogens with one attached hydrogen (secondary N) is 1. The average Bonchev–Trinajstić information content (AvgIpc) is 2.23. The van der Waals surface area contributed by atoms with Gasteiger partial charge in [-0.15, -0.1) is 0 Å². The molecular weight excluding hydrogens is 250 g/mol. The molecule has 0 aliphatic carbocycles. The van der Waals surface area contributed by atoms with Gasteiger partial charge in [0.05, 0.1) is 0 Å². The van der Waals surface area contributed by atoms with Crippen LogP contribution in [0.4, 0.5) is 5.69 Å². The zero-order valence-electron chi connectivity index (χ0n) is 10.7. The van der Waals surface area contributed by atoms with Gasteiger partial charge in [-0.3, -0.25) is 0 Å². The molecule has 2 rings (SSSR count). The molecule has 0 bridgehead atoms. The van der Waals surface area contributed by atoms with Crippen molar-refractivity contribution in [1.82, 2.24) is 0 Å². The van der Waals surface area contributed by atoms with E-state index in [0.29, 0.717) is 11.5 Å². The van der Waals surface area contributed by atoms with E-state index in [1.165, 1.54) is 23.6 Å². The lowest BCUT2D eigenvalue weighted by Gasteiger charge is -2.35. The van der Waals surface area contributed by atoms with Crippen LogP contribution in [0, 0.1) is 12.3 Å². The number of anilines is 1. The number of hydrogen-bond donors (Lipinski definition) is 1. The predicted octanol–water partition coefficient (Wildman–Crippen LogP) is 4.59. The van der Waals surface area contributed by atoms with Crippen LogP contribution in [0.15, 0.2) is 18.2 Å². The quantitative estimate of drug-likeness (QED) is 0.843. The summed E-state index contributed by atoms with van der Waals surface area (Å²) in [5.41, 5.74) is 2.77. The van der Waals surface area contributed by atoms with Crippen LogP contribution in [0.3, 0.4) is 0 Å². The summed E-state index contributed by atoms with van der Waals surface area (Å²) in [5.74, 6) is 2.45. The molecule has 1 nitrogen and oxygen atoms in total. The third-order valence-corrected chi connectivity index (χ3v) is 5.27. The number of thioether (sulfide) groups is 1. The normalized spacial score (nSPS) is 23.4. The van der Waals surface area contributed by atoms with Crippen molar-refractivity contribution in [2.45, 2.75) is 33.2 Å². The fourth-order valence-corrected chi connectivity index (χ4v) is 3.79. The molecule has 94 valence electrons. The van der Waals surface area contributed by atoms with E-state index in [0.717, 1.165) is 10.6 Å².